The molecule has 1 unspecified atom stereocenters. The number of methoxy groups -OCH3 is 1. The van der Waals surface area contributed by atoms with Crippen molar-refractivity contribution in [3.8, 4) is 11.8 Å². The fraction of sp³-hybridized carbons (Fsp3) is 0.250. The van der Waals surface area contributed by atoms with Crippen molar-refractivity contribution < 1.29 is 14.3 Å². The molecule has 0 saturated carbocycles. The van der Waals surface area contributed by atoms with Gasteiger partial charge in [-0.15, -0.1) is 0 Å². The number of imide groups is 1. The van der Waals surface area contributed by atoms with Gasteiger partial charge in [-0.2, -0.15) is 5.26 Å². The average molecular weight is 245 g/mol. The third kappa shape index (κ3) is 2.11. The van der Waals surface area contributed by atoms with E-state index in [2.05, 4.69) is 10.6 Å². The fourth-order valence-electron chi connectivity index (χ4n) is 1.79. The number of rotatable bonds is 3. The van der Waals surface area contributed by atoms with Crippen LogP contribution in [0.3, 0.4) is 0 Å². The molecule has 1 heterocycles. The van der Waals surface area contributed by atoms with E-state index in [1.807, 2.05) is 6.07 Å². The molecule has 6 nitrogen and oxygen atoms in total. The molecule has 0 radical (unpaired) electrons. The molecule has 18 heavy (non-hydrogen) atoms. The Balaban J connectivity index is 2.31. The van der Waals surface area contributed by atoms with Crippen LogP contribution in [0.4, 0.5) is 5.69 Å². The summed E-state index contributed by atoms with van der Waals surface area (Å²) < 4.78 is 5.13. The minimum absolute atomic E-state index is 0.0573. The summed E-state index contributed by atoms with van der Waals surface area (Å²) in [4.78, 5) is 22.6. The summed E-state index contributed by atoms with van der Waals surface area (Å²) in [5, 5.41) is 14.1. The Morgan fingerprint density at radius 3 is 2.83 bits per heavy atom. The molecule has 0 spiro atoms. The molecule has 2 N–H and O–H groups in total. The van der Waals surface area contributed by atoms with Crippen molar-refractivity contribution in [1.82, 2.24) is 5.32 Å². The van der Waals surface area contributed by atoms with Crippen LogP contribution in [0.1, 0.15) is 12.0 Å². The van der Waals surface area contributed by atoms with Gasteiger partial charge in [-0.1, -0.05) is 6.07 Å². The van der Waals surface area contributed by atoms with Crippen LogP contribution >= 0.6 is 0 Å². The summed E-state index contributed by atoms with van der Waals surface area (Å²) in [6.45, 7) is 0. The maximum Gasteiger partial charge on any atom is 0.249 e. The van der Waals surface area contributed by atoms with Crippen LogP contribution in [0.5, 0.6) is 5.75 Å². The maximum atomic E-state index is 11.5. The van der Waals surface area contributed by atoms with Crippen molar-refractivity contribution in [2.75, 3.05) is 12.4 Å². The van der Waals surface area contributed by atoms with Crippen LogP contribution < -0.4 is 15.4 Å². The van der Waals surface area contributed by atoms with Gasteiger partial charge in [0.1, 0.15) is 17.9 Å². The van der Waals surface area contributed by atoms with Crippen molar-refractivity contribution in [2.24, 2.45) is 0 Å². The topological polar surface area (TPSA) is 91.2 Å². The smallest absolute Gasteiger partial charge is 0.249 e. The van der Waals surface area contributed by atoms with Crippen LogP contribution in [0.25, 0.3) is 0 Å². The lowest BCUT2D eigenvalue weighted by atomic mass is 10.1. The first kappa shape index (κ1) is 11.9. The van der Waals surface area contributed by atoms with Crippen LogP contribution in [-0.4, -0.2) is 25.0 Å². The first-order chi connectivity index (χ1) is 8.65. The van der Waals surface area contributed by atoms with Crippen LogP contribution in [0, 0.1) is 11.3 Å². The molecule has 0 bridgehead atoms. The van der Waals surface area contributed by atoms with E-state index < -0.39 is 11.9 Å². The van der Waals surface area contributed by atoms with Gasteiger partial charge in [-0.25, -0.2) is 0 Å². The monoisotopic (exact) mass is 245 g/mol. The zero-order valence-corrected chi connectivity index (χ0v) is 9.69. The van der Waals surface area contributed by atoms with Gasteiger partial charge in [-0.3, -0.25) is 14.9 Å². The quantitative estimate of drug-likeness (QED) is 0.752. The van der Waals surface area contributed by atoms with Gasteiger partial charge in [0.25, 0.3) is 0 Å². The van der Waals surface area contributed by atoms with Gasteiger partial charge < -0.3 is 10.1 Å². The second kappa shape index (κ2) is 4.75. The molecular weight excluding hydrogens is 234 g/mol. The number of nitrogens with one attached hydrogen (secondary N) is 2. The number of amides is 2. The van der Waals surface area contributed by atoms with Crippen LogP contribution in [-0.2, 0) is 9.59 Å². The highest BCUT2D eigenvalue weighted by molar-refractivity contribution is 6.07. The summed E-state index contributed by atoms with van der Waals surface area (Å²) >= 11 is 0. The number of nitriles is 1. The van der Waals surface area contributed by atoms with Gasteiger partial charge >= 0.3 is 0 Å². The number of carbonyl (C=O) groups is 2. The zero-order chi connectivity index (χ0) is 13.1. The molecule has 6 heteroatoms. The summed E-state index contributed by atoms with van der Waals surface area (Å²) in [6, 6.07) is 6.32. The number of carbonyl (C=O) groups excluding carboxylic acids is 2. The number of para-hydroxylation sites is 1. The number of anilines is 1. The normalized spacial score (nSPS) is 18.1. The van der Waals surface area contributed by atoms with E-state index >= 15 is 0 Å². The van der Waals surface area contributed by atoms with Gasteiger partial charge in [0.05, 0.1) is 24.8 Å². The number of benzene rings is 1. The van der Waals surface area contributed by atoms with Crippen molar-refractivity contribution in [3.63, 3.8) is 0 Å². The minimum atomic E-state index is -0.666. The Morgan fingerprint density at radius 2 is 2.28 bits per heavy atom. The molecule has 1 aliphatic heterocycles. The summed E-state index contributed by atoms with van der Waals surface area (Å²) in [5.74, 6) is -0.262. The van der Waals surface area contributed by atoms with Gasteiger partial charge in [0, 0.05) is 0 Å². The highest BCUT2D eigenvalue weighted by Gasteiger charge is 2.31. The predicted octanol–water partition coefficient (Wildman–Crippen LogP) is 0.394. The molecule has 2 rings (SSSR count). The summed E-state index contributed by atoms with van der Waals surface area (Å²) in [5.41, 5.74) is 0.791. The second-order valence-electron chi connectivity index (χ2n) is 3.81. The molecule has 2 amide bonds. The highest BCUT2D eigenvalue weighted by atomic mass is 16.5. The molecule has 0 aromatic heterocycles. The lowest BCUT2D eigenvalue weighted by molar-refractivity contribution is -0.124. The Labute approximate surface area is 104 Å². The summed E-state index contributed by atoms with van der Waals surface area (Å²) in [7, 11) is 1.47. The Bertz CT molecular complexity index is 548. The third-order valence-corrected chi connectivity index (χ3v) is 2.65. The van der Waals surface area contributed by atoms with E-state index in [9.17, 15) is 9.59 Å². The van der Waals surface area contributed by atoms with Crippen molar-refractivity contribution in [2.45, 2.75) is 12.5 Å². The molecule has 1 aliphatic rings. The zero-order valence-electron chi connectivity index (χ0n) is 9.69. The van der Waals surface area contributed by atoms with Gasteiger partial charge in [-0.05, 0) is 12.1 Å². The summed E-state index contributed by atoms with van der Waals surface area (Å²) in [6.07, 6.45) is 0.0573. The van der Waals surface area contributed by atoms with E-state index in [1.165, 1.54) is 7.11 Å². The average Bonchev–Trinajstić information content (AvgIpc) is 2.68. The van der Waals surface area contributed by atoms with E-state index in [4.69, 9.17) is 10.00 Å². The van der Waals surface area contributed by atoms with Crippen molar-refractivity contribution >= 4 is 17.5 Å². The van der Waals surface area contributed by atoms with Crippen molar-refractivity contribution in [1.29, 1.82) is 5.26 Å². The fourth-order valence-corrected chi connectivity index (χ4v) is 1.79. The van der Waals surface area contributed by atoms with E-state index in [0.717, 1.165) is 0 Å². The number of hydrogen-bond acceptors (Lipinski definition) is 5. The molecule has 1 fully saturated rings. The lowest BCUT2D eigenvalue weighted by Crippen LogP contribution is -2.30. The number of ether oxygens (including phenoxy) is 1. The van der Waals surface area contributed by atoms with Crippen molar-refractivity contribution in [3.05, 3.63) is 23.8 Å². The van der Waals surface area contributed by atoms with Crippen LogP contribution in [0.2, 0.25) is 0 Å². The predicted molar refractivity (Wildman–Crippen MR) is 62.9 cm³/mol. The maximum absolute atomic E-state index is 11.5. The lowest BCUT2D eigenvalue weighted by Gasteiger charge is -2.15. The van der Waals surface area contributed by atoms with E-state index in [0.29, 0.717) is 17.0 Å². The molecular formula is C12H11N3O3. The minimum Gasteiger partial charge on any atom is -0.495 e. The standard InChI is InChI=1S/C12H11N3O3/c1-18-9-4-2-3-7(6-13)11(9)14-8-5-10(16)15-12(8)17/h2-4,8,14H,5H2,1H3,(H,15,16,17). The molecule has 1 atom stereocenters. The molecule has 1 aromatic carbocycles. The number of hydrogen-bond donors (Lipinski definition) is 2. The Kier molecular flexibility index (Phi) is 3.15. The van der Waals surface area contributed by atoms with Gasteiger partial charge in [0.15, 0.2) is 0 Å². The molecule has 0 aliphatic carbocycles. The largest absolute Gasteiger partial charge is 0.495 e. The molecule has 1 saturated heterocycles. The molecule has 1 aromatic rings. The van der Waals surface area contributed by atoms with E-state index in [1.54, 1.807) is 18.2 Å². The third-order valence-electron chi connectivity index (χ3n) is 2.65. The number of nitrogens with zero attached hydrogens (tertiary/aromatic N) is 1. The van der Waals surface area contributed by atoms with Crippen LogP contribution in [0.15, 0.2) is 18.2 Å². The Hall–Kier alpha value is -2.55. The van der Waals surface area contributed by atoms with Gasteiger partial charge in [0.2, 0.25) is 11.8 Å². The second-order valence-corrected chi connectivity index (χ2v) is 3.81. The Morgan fingerprint density at radius 1 is 1.50 bits per heavy atom. The first-order valence-corrected chi connectivity index (χ1v) is 5.33. The highest BCUT2D eigenvalue weighted by Crippen LogP contribution is 2.29. The molecule has 92 valence electrons. The SMILES string of the molecule is COc1cccc(C#N)c1NC1CC(=O)NC1=O. The van der Waals surface area contributed by atoms with E-state index in [-0.39, 0.29) is 12.3 Å². The first-order valence-electron chi connectivity index (χ1n) is 5.33.